The third-order valence-electron chi connectivity index (χ3n) is 1.56. The Hall–Kier alpha value is -1.92. The van der Waals surface area contributed by atoms with E-state index in [0.717, 1.165) is 6.54 Å². The number of aromatic amines is 1. The van der Waals surface area contributed by atoms with Gasteiger partial charge < -0.3 is 10.3 Å². The highest BCUT2D eigenvalue weighted by Crippen LogP contribution is 2.02. The lowest BCUT2D eigenvalue weighted by Gasteiger charge is -1.99. The minimum absolute atomic E-state index is 0.990. The number of hydrogen-bond acceptors (Lipinski definition) is 2. The normalized spacial score (nSPS) is 8.22. The number of imidazole rings is 1. The number of nitrogens with one attached hydrogen (secondary N) is 2. The summed E-state index contributed by atoms with van der Waals surface area (Å²) in [5.74, 6) is 0. The number of nitrogens with zero attached hydrogens (tertiary/aromatic N) is 1. The molecule has 0 aliphatic rings. The van der Waals surface area contributed by atoms with E-state index in [2.05, 4.69) is 34.3 Å². The molecule has 0 aliphatic heterocycles. The van der Waals surface area contributed by atoms with Crippen LogP contribution in [0.25, 0.3) is 0 Å². The van der Waals surface area contributed by atoms with E-state index in [-0.39, 0.29) is 0 Å². The Labute approximate surface area is 105 Å². The van der Waals surface area contributed by atoms with Crippen LogP contribution < -0.4 is 5.32 Å². The van der Waals surface area contributed by atoms with Crippen molar-refractivity contribution in [3.05, 3.63) is 49.1 Å². The maximum atomic E-state index is 9.67. The smallest absolute Gasteiger partial charge is 0.385 e. The zero-order valence-electron chi connectivity index (χ0n) is 9.98. The van der Waals surface area contributed by atoms with Crippen LogP contribution in [0.5, 0.6) is 0 Å². The van der Waals surface area contributed by atoms with Crippen LogP contribution in [0.4, 0.5) is 18.6 Å². The molecule has 0 saturated heterocycles. The molecule has 0 bridgehead atoms. The van der Waals surface area contributed by atoms with Gasteiger partial charge in [0.25, 0.3) is 0 Å². The van der Waals surface area contributed by atoms with E-state index in [9.17, 15) is 12.9 Å². The van der Waals surface area contributed by atoms with Crippen LogP contribution in [0.15, 0.2) is 49.1 Å². The Morgan fingerprint density at radius 3 is 2.17 bits per heavy atom. The lowest BCUT2D eigenvalue weighted by Crippen LogP contribution is -1.94. The summed E-state index contributed by atoms with van der Waals surface area (Å²) in [6, 6.07) is 10.2. The van der Waals surface area contributed by atoms with Gasteiger partial charge >= 0.3 is 7.54 Å². The fourth-order valence-corrected chi connectivity index (χ4v) is 0.975. The van der Waals surface area contributed by atoms with Crippen molar-refractivity contribution in [3.8, 4) is 0 Å². The topological polar surface area (TPSA) is 40.7 Å². The average Bonchev–Trinajstić information content (AvgIpc) is 2.88. The standard InChI is InChI=1S/C8H11N.C3H4N2.BF3/c1-2-9-8-6-4-3-5-7-8;1-2-5-3-4-1;2-1(3)4/h3-7,9H,2H2,1H3;1-3H,(H,4,5);. The molecule has 0 saturated carbocycles. The number of aromatic nitrogens is 2. The molecular formula is C11H15BF3N3. The van der Waals surface area contributed by atoms with Crippen molar-refractivity contribution in [2.45, 2.75) is 6.92 Å². The van der Waals surface area contributed by atoms with Gasteiger partial charge in [0, 0.05) is 24.6 Å². The monoisotopic (exact) mass is 257 g/mol. The molecule has 18 heavy (non-hydrogen) atoms. The molecule has 0 amide bonds. The zero-order chi connectivity index (χ0) is 13.6. The van der Waals surface area contributed by atoms with Crippen LogP contribution in [0, 0.1) is 0 Å². The summed E-state index contributed by atoms with van der Waals surface area (Å²) in [6.45, 7) is 3.08. The molecule has 0 radical (unpaired) electrons. The van der Waals surface area contributed by atoms with Crippen molar-refractivity contribution in [1.82, 2.24) is 9.97 Å². The maximum absolute atomic E-state index is 9.67. The molecule has 1 aromatic heterocycles. The fourth-order valence-electron chi connectivity index (χ4n) is 0.975. The second kappa shape index (κ2) is 11.6. The first-order valence-electron chi connectivity index (χ1n) is 5.30. The van der Waals surface area contributed by atoms with E-state index in [0.29, 0.717) is 0 Å². The van der Waals surface area contributed by atoms with Gasteiger partial charge in [-0.05, 0) is 19.1 Å². The quantitative estimate of drug-likeness (QED) is 0.809. The molecule has 0 unspecified atom stereocenters. The second-order valence-corrected chi connectivity index (χ2v) is 2.90. The average molecular weight is 257 g/mol. The molecule has 0 atom stereocenters. The van der Waals surface area contributed by atoms with Crippen LogP contribution in [0.2, 0.25) is 0 Å². The van der Waals surface area contributed by atoms with Crippen LogP contribution >= 0.6 is 0 Å². The van der Waals surface area contributed by atoms with E-state index in [1.807, 2.05) is 18.2 Å². The fraction of sp³-hybridized carbons (Fsp3) is 0.182. The molecule has 2 aromatic rings. The molecule has 3 nitrogen and oxygen atoms in total. The van der Waals surface area contributed by atoms with Crippen molar-refractivity contribution in [3.63, 3.8) is 0 Å². The van der Waals surface area contributed by atoms with Crippen molar-refractivity contribution < 1.29 is 12.9 Å². The minimum Gasteiger partial charge on any atom is -0.385 e. The van der Waals surface area contributed by atoms with E-state index >= 15 is 0 Å². The number of para-hydroxylation sites is 1. The summed E-state index contributed by atoms with van der Waals surface area (Å²) in [6.07, 6.45) is 5.08. The Kier molecular flexibility index (Phi) is 10.3. The second-order valence-electron chi connectivity index (χ2n) is 2.90. The van der Waals surface area contributed by atoms with Crippen LogP contribution in [-0.2, 0) is 0 Å². The molecular weight excluding hydrogens is 242 g/mol. The molecule has 2 N–H and O–H groups in total. The van der Waals surface area contributed by atoms with Gasteiger partial charge in [-0.3, -0.25) is 12.9 Å². The molecule has 2 rings (SSSR count). The predicted molar refractivity (Wildman–Crippen MR) is 68.3 cm³/mol. The summed E-state index contributed by atoms with van der Waals surface area (Å²) >= 11 is 0. The molecule has 7 heteroatoms. The SMILES string of the molecule is CCNc1ccccc1.FB(F)F.c1c[nH]cn1. The van der Waals surface area contributed by atoms with Crippen LogP contribution in [0.1, 0.15) is 6.92 Å². The Balaban J connectivity index is 0.000000272. The molecule has 0 fully saturated rings. The molecule has 0 aliphatic carbocycles. The van der Waals surface area contributed by atoms with Gasteiger partial charge in [0.2, 0.25) is 0 Å². The molecule has 98 valence electrons. The van der Waals surface area contributed by atoms with E-state index < -0.39 is 7.54 Å². The summed E-state index contributed by atoms with van der Waals surface area (Å²) in [4.78, 5) is 6.42. The number of halogens is 3. The largest absolute Gasteiger partial charge is 0.762 e. The first-order valence-corrected chi connectivity index (χ1v) is 5.30. The lowest BCUT2D eigenvalue weighted by atomic mass is 10.3. The zero-order valence-corrected chi connectivity index (χ0v) is 9.98. The van der Waals surface area contributed by atoms with E-state index in [1.54, 1.807) is 18.7 Å². The Bertz CT molecular complexity index is 337. The first-order chi connectivity index (χ1) is 8.66. The van der Waals surface area contributed by atoms with Crippen molar-refractivity contribution >= 4 is 13.2 Å². The molecule has 1 heterocycles. The highest BCUT2D eigenvalue weighted by molar-refractivity contribution is 6.33. The number of anilines is 1. The van der Waals surface area contributed by atoms with Gasteiger partial charge in [-0.2, -0.15) is 0 Å². The van der Waals surface area contributed by atoms with Crippen LogP contribution in [0.3, 0.4) is 0 Å². The summed E-state index contributed by atoms with van der Waals surface area (Å²) < 4.78 is 29.0. The number of benzene rings is 1. The van der Waals surface area contributed by atoms with Gasteiger partial charge in [0.1, 0.15) is 0 Å². The van der Waals surface area contributed by atoms with E-state index in [1.165, 1.54) is 5.69 Å². The van der Waals surface area contributed by atoms with Gasteiger partial charge in [0.05, 0.1) is 6.33 Å². The van der Waals surface area contributed by atoms with Gasteiger partial charge in [-0.1, -0.05) is 18.2 Å². The van der Waals surface area contributed by atoms with Crippen molar-refractivity contribution in [1.29, 1.82) is 0 Å². The summed E-state index contributed by atoms with van der Waals surface area (Å²) in [5.41, 5.74) is 1.19. The Morgan fingerprint density at radius 2 is 1.83 bits per heavy atom. The number of H-pyrrole nitrogens is 1. The van der Waals surface area contributed by atoms with E-state index in [4.69, 9.17) is 0 Å². The third-order valence-corrected chi connectivity index (χ3v) is 1.56. The van der Waals surface area contributed by atoms with Gasteiger partial charge in [0.15, 0.2) is 0 Å². The third kappa shape index (κ3) is 12.2. The highest BCUT2D eigenvalue weighted by atomic mass is 19.4. The highest BCUT2D eigenvalue weighted by Gasteiger charge is 2.06. The lowest BCUT2D eigenvalue weighted by molar-refractivity contribution is 0.535. The summed E-state index contributed by atoms with van der Waals surface area (Å²) in [7, 11) is -3.67. The molecule has 0 spiro atoms. The van der Waals surface area contributed by atoms with Crippen LogP contribution in [-0.4, -0.2) is 24.1 Å². The number of rotatable bonds is 2. The van der Waals surface area contributed by atoms with Gasteiger partial charge in [-0.25, -0.2) is 4.98 Å². The van der Waals surface area contributed by atoms with Crippen molar-refractivity contribution in [2.24, 2.45) is 0 Å². The van der Waals surface area contributed by atoms with Crippen molar-refractivity contribution in [2.75, 3.05) is 11.9 Å². The minimum atomic E-state index is -3.67. The number of hydrogen-bond donors (Lipinski definition) is 2. The first kappa shape index (κ1) is 16.1. The molecule has 1 aromatic carbocycles. The summed E-state index contributed by atoms with van der Waals surface area (Å²) in [5, 5.41) is 3.21. The maximum Gasteiger partial charge on any atom is 0.762 e. The van der Waals surface area contributed by atoms with Gasteiger partial charge in [-0.15, -0.1) is 0 Å². The Morgan fingerprint density at radius 1 is 1.22 bits per heavy atom. The predicted octanol–water partition coefficient (Wildman–Crippen LogP) is 3.41.